The molecule has 1 saturated carbocycles. The summed E-state index contributed by atoms with van der Waals surface area (Å²) in [4.78, 5) is 2.88. The largest absolute Gasteiger partial charge is 0.396 e. The van der Waals surface area contributed by atoms with Crippen LogP contribution in [0.1, 0.15) is 48.9 Å². The van der Waals surface area contributed by atoms with Gasteiger partial charge < -0.3 is 10.4 Å². The van der Waals surface area contributed by atoms with Gasteiger partial charge in [-0.2, -0.15) is 0 Å². The molecule has 1 fully saturated rings. The molecule has 2 rings (SSSR count). The summed E-state index contributed by atoms with van der Waals surface area (Å²) in [5.74, 6) is 0.801. The number of hydrogen-bond acceptors (Lipinski definition) is 3. The lowest BCUT2D eigenvalue weighted by molar-refractivity contribution is 0.250. The van der Waals surface area contributed by atoms with Gasteiger partial charge in [-0.1, -0.05) is 6.92 Å². The molecule has 96 valence electrons. The minimum absolute atomic E-state index is 0.297. The zero-order valence-electron chi connectivity index (χ0n) is 10.8. The smallest absolute Gasteiger partial charge is 0.0445 e. The van der Waals surface area contributed by atoms with Crippen LogP contribution in [0.25, 0.3) is 0 Å². The van der Waals surface area contributed by atoms with E-state index in [2.05, 4.69) is 31.3 Å². The first-order valence-electron chi connectivity index (χ1n) is 6.70. The van der Waals surface area contributed by atoms with E-state index in [0.29, 0.717) is 18.7 Å². The lowest BCUT2D eigenvalue weighted by atomic mass is 10.1. The third-order valence-electron chi connectivity index (χ3n) is 3.55. The summed E-state index contributed by atoms with van der Waals surface area (Å²) in [5.41, 5.74) is 0. The molecule has 0 bridgehead atoms. The summed E-state index contributed by atoms with van der Waals surface area (Å²) in [6.45, 7) is 4.73. The van der Waals surface area contributed by atoms with Gasteiger partial charge in [0.15, 0.2) is 0 Å². The standard InChI is InChI=1S/C14H23NOS/c1-3-12-6-7-14(17-12)10(2)15-13(8-9-16)11-4-5-11/h6-7,10-11,13,15-16H,3-5,8-9H2,1-2H3. The Bertz CT molecular complexity index is 346. The van der Waals surface area contributed by atoms with Gasteiger partial charge in [0, 0.05) is 28.4 Å². The van der Waals surface area contributed by atoms with Crippen molar-refractivity contribution in [2.24, 2.45) is 5.92 Å². The predicted octanol–water partition coefficient (Wildman–Crippen LogP) is 3.12. The zero-order valence-corrected chi connectivity index (χ0v) is 11.6. The lowest BCUT2D eigenvalue weighted by Crippen LogP contribution is -2.33. The highest BCUT2D eigenvalue weighted by Gasteiger charge is 2.31. The average molecular weight is 253 g/mol. The van der Waals surface area contributed by atoms with Crippen LogP contribution < -0.4 is 5.32 Å². The quantitative estimate of drug-likeness (QED) is 0.782. The number of aliphatic hydroxyl groups excluding tert-OH is 1. The second-order valence-corrected chi connectivity index (χ2v) is 6.20. The molecule has 1 aromatic rings. The summed E-state index contributed by atoms with van der Waals surface area (Å²) >= 11 is 1.91. The summed E-state index contributed by atoms with van der Waals surface area (Å²) < 4.78 is 0. The zero-order chi connectivity index (χ0) is 12.3. The summed E-state index contributed by atoms with van der Waals surface area (Å²) in [7, 11) is 0. The molecule has 2 unspecified atom stereocenters. The highest BCUT2D eigenvalue weighted by atomic mass is 32.1. The van der Waals surface area contributed by atoms with E-state index in [9.17, 15) is 0 Å². The van der Waals surface area contributed by atoms with Gasteiger partial charge in [-0.25, -0.2) is 0 Å². The van der Waals surface area contributed by atoms with Crippen molar-refractivity contribution in [3.8, 4) is 0 Å². The predicted molar refractivity (Wildman–Crippen MR) is 73.5 cm³/mol. The van der Waals surface area contributed by atoms with Crippen molar-refractivity contribution in [2.75, 3.05) is 6.61 Å². The van der Waals surface area contributed by atoms with Gasteiger partial charge in [-0.3, -0.25) is 0 Å². The van der Waals surface area contributed by atoms with E-state index < -0.39 is 0 Å². The molecule has 3 heteroatoms. The van der Waals surface area contributed by atoms with Crippen molar-refractivity contribution >= 4 is 11.3 Å². The van der Waals surface area contributed by atoms with Crippen LogP contribution >= 0.6 is 11.3 Å². The van der Waals surface area contributed by atoms with Crippen LogP contribution in [0.2, 0.25) is 0 Å². The Kier molecular flexibility index (Phi) is 4.60. The molecule has 0 saturated heterocycles. The molecule has 0 radical (unpaired) electrons. The van der Waals surface area contributed by atoms with E-state index in [0.717, 1.165) is 18.8 Å². The fourth-order valence-corrected chi connectivity index (χ4v) is 3.28. The Hall–Kier alpha value is -0.380. The Balaban J connectivity index is 1.91. The van der Waals surface area contributed by atoms with E-state index in [4.69, 9.17) is 5.11 Å². The van der Waals surface area contributed by atoms with Crippen molar-refractivity contribution in [3.05, 3.63) is 21.9 Å². The summed E-state index contributed by atoms with van der Waals surface area (Å²) in [5, 5.41) is 12.8. The Morgan fingerprint density at radius 1 is 1.47 bits per heavy atom. The van der Waals surface area contributed by atoms with Crippen LogP contribution in [0.4, 0.5) is 0 Å². The molecule has 0 amide bonds. The first kappa shape index (κ1) is 13.1. The van der Waals surface area contributed by atoms with Crippen LogP contribution in [0.15, 0.2) is 12.1 Å². The van der Waals surface area contributed by atoms with Crippen LogP contribution in [0.5, 0.6) is 0 Å². The number of thiophene rings is 1. The number of aryl methyl sites for hydroxylation is 1. The molecular weight excluding hydrogens is 230 g/mol. The van der Waals surface area contributed by atoms with Gasteiger partial charge in [-0.05, 0) is 50.7 Å². The first-order chi connectivity index (χ1) is 8.24. The molecule has 2 nitrogen and oxygen atoms in total. The Morgan fingerprint density at radius 3 is 2.76 bits per heavy atom. The number of hydrogen-bond donors (Lipinski definition) is 2. The number of nitrogens with one attached hydrogen (secondary N) is 1. The minimum atomic E-state index is 0.297. The third kappa shape index (κ3) is 3.54. The number of rotatable bonds is 7. The molecular formula is C14H23NOS. The van der Waals surface area contributed by atoms with Gasteiger partial charge in [0.1, 0.15) is 0 Å². The van der Waals surface area contributed by atoms with Gasteiger partial charge in [0.2, 0.25) is 0 Å². The van der Waals surface area contributed by atoms with Crippen molar-refractivity contribution in [3.63, 3.8) is 0 Å². The summed E-state index contributed by atoms with van der Waals surface area (Å²) in [6.07, 6.45) is 4.67. The van der Waals surface area contributed by atoms with Crippen LogP contribution in [0.3, 0.4) is 0 Å². The van der Waals surface area contributed by atoms with E-state index >= 15 is 0 Å². The highest BCUT2D eigenvalue weighted by molar-refractivity contribution is 7.12. The molecule has 2 N–H and O–H groups in total. The molecule has 1 aliphatic carbocycles. The second kappa shape index (κ2) is 5.98. The maximum absolute atomic E-state index is 9.10. The SMILES string of the molecule is CCc1ccc(C(C)NC(CCO)C2CC2)s1. The van der Waals surface area contributed by atoms with Gasteiger partial charge in [0.05, 0.1) is 0 Å². The fourth-order valence-electron chi connectivity index (χ4n) is 2.31. The van der Waals surface area contributed by atoms with Gasteiger partial charge in [-0.15, -0.1) is 11.3 Å². The van der Waals surface area contributed by atoms with E-state index in [1.54, 1.807) is 0 Å². The monoisotopic (exact) mass is 253 g/mol. The summed E-state index contributed by atoms with van der Waals surface area (Å²) in [6, 6.07) is 5.39. The molecule has 0 aliphatic heterocycles. The lowest BCUT2D eigenvalue weighted by Gasteiger charge is -2.22. The molecule has 1 aliphatic rings. The molecule has 1 aromatic heterocycles. The van der Waals surface area contributed by atoms with Crippen LogP contribution in [-0.4, -0.2) is 17.8 Å². The molecule has 17 heavy (non-hydrogen) atoms. The normalized spacial score (nSPS) is 19.2. The maximum Gasteiger partial charge on any atom is 0.0445 e. The topological polar surface area (TPSA) is 32.3 Å². The van der Waals surface area contributed by atoms with Gasteiger partial charge in [0.25, 0.3) is 0 Å². The van der Waals surface area contributed by atoms with E-state index in [-0.39, 0.29) is 0 Å². The second-order valence-electron chi connectivity index (χ2n) is 5.00. The first-order valence-corrected chi connectivity index (χ1v) is 7.51. The van der Waals surface area contributed by atoms with Crippen molar-refractivity contribution < 1.29 is 5.11 Å². The van der Waals surface area contributed by atoms with E-state index in [1.165, 1.54) is 22.6 Å². The Labute approximate surface area is 108 Å². The fraction of sp³-hybridized carbons (Fsp3) is 0.714. The van der Waals surface area contributed by atoms with Crippen molar-refractivity contribution in [2.45, 2.75) is 51.6 Å². The average Bonchev–Trinajstić information content (AvgIpc) is 3.06. The van der Waals surface area contributed by atoms with Crippen LogP contribution in [0, 0.1) is 5.92 Å². The molecule has 2 atom stereocenters. The van der Waals surface area contributed by atoms with E-state index in [1.807, 2.05) is 11.3 Å². The highest BCUT2D eigenvalue weighted by Crippen LogP contribution is 2.35. The van der Waals surface area contributed by atoms with Crippen molar-refractivity contribution in [1.29, 1.82) is 0 Å². The third-order valence-corrected chi connectivity index (χ3v) is 4.97. The number of aliphatic hydroxyl groups is 1. The molecule has 1 heterocycles. The maximum atomic E-state index is 9.10. The van der Waals surface area contributed by atoms with Crippen molar-refractivity contribution in [1.82, 2.24) is 5.32 Å². The Morgan fingerprint density at radius 2 is 2.24 bits per heavy atom. The molecule has 0 aromatic carbocycles. The minimum Gasteiger partial charge on any atom is -0.396 e. The van der Waals surface area contributed by atoms with Crippen LogP contribution in [-0.2, 0) is 6.42 Å². The molecule has 0 spiro atoms. The van der Waals surface area contributed by atoms with Gasteiger partial charge >= 0.3 is 0 Å².